The first-order chi connectivity index (χ1) is 8.09. The molecule has 7 nitrogen and oxygen atoms in total. The summed E-state index contributed by atoms with van der Waals surface area (Å²) >= 11 is 0. The predicted octanol–water partition coefficient (Wildman–Crippen LogP) is -0.913. The number of rotatable bonds is 1. The molecule has 94 valence electrons. The van der Waals surface area contributed by atoms with Crippen LogP contribution in [-0.2, 0) is 9.59 Å². The Balaban J connectivity index is 2.03. The summed E-state index contributed by atoms with van der Waals surface area (Å²) in [5, 5.41) is 11.6. The third kappa shape index (κ3) is 2.32. The lowest BCUT2D eigenvalue weighted by atomic mass is 10.2. The van der Waals surface area contributed by atoms with Crippen molar-refractivity contribution >= 4 is 17.9 Å². The van der Waals surface area contributed by atoms with Crippen LogP contribution in [0.3, 0.4) is 0 Å². The van der Waals surface area contributed by atoms with Crippen LogP contribution in [0.1, 0.15) is 12.8 Å². The highest BCUT2D eigenvalue weighted by atomic mass is 16.4. The zero-order chi connectivity index (χ0) is 12.4. The molecule has 0 bridgehead atoms. The molecule has 0 radical (unpaired) electrons. The van der Waals surface area contributed by atoms with Gasteiger partial charge in [-0.2, -0.15) is 0 Å². The van der Waals surface area contributed by atoms with Gasteiger partial charge >= 0.3 is 12.0 Å². The second-order valence-corrected chi connectivity index (χ2v) is 4.24. The first-order valence-electron chi connectivity index (χ1n) is 5.64. The summed E-state index contributed by atoms with van der Waals surface area (Å²) in [5.41, 5.74) is 0. The molecule has 3 amide bonds. The lowest BCUT2D eigenvalue weighted by Gasteiger charge is -2.32. The van der Waals surface area contributed by atoms with Crippen molar-refractivity contribution in [3.8, 4) is 0 Å². The van der Waals surface area contributed by atoms with E-state index in [-0.39, 0.29) is 18.5 Å². The van der Waals surface area contributed by atoms with E-state index in [1.807, 2.05) is 0 Å². The second kappa shape index (κ2) is 4.60. The van der Waals surface area contributed by atoms with Gasteiger partial charge in [0.25, 0.3) is 0 Å². The number of amides is 3. The van der Waals surface area contributed by atoms with Crippen LogP contribution in [0.4, 0.5) is 4.79 Å². The first-order valence-corrected chi connectivity index (χ1v) is 5.64. The number of urea groups is 1. The summed E-state index contributed by atoms with van der Waals surface area (Å²) in [4.78, 5) is 37.0. The Morgan fingerprint density at radius 2 is 2.12 bits per heavy atom. The SMILES string of the molecule is O=C1CN(C(=O)N2CCC[C@H]2C(=O)O)CCN1. The Morgan fingerprint density at radius 1 is 1.35 bits per heavy atom. The smallest absolute Gasteiger partial charge is 0.326 e. The van der Waals surface area contributed by atoms with Crippen molar-refractivity contribution in [3.63, 3.8) is 0 Å². The molecule has 0 aromatic carbocycles. The highest BCUT2D eigenvalue weighted by Crippen LogP contribution is 2.19. The number of likely N-dealkylation sites (tertiary alicyclic amines) is 1. The second-order valence-electron chi connectivity index (χ2n) is 4.24. The largest absolute Gasteiger partial charge is 0.480 e. The highest BCUT2D eigenvalue weighted by molar-refractivity contribution is 5.87. The quantitative estimate of drug-likeness (QED) is 0.621. The maximum absolute atomic E-state index is 12.1. The van der Waals surface area contributed by atoms with E-state index in [2.05, 4.69) is 5.32 Å². The lowest BCUT2D eigenvalue weighted by Crippen LogP contribution is -2.55. The van der Waals surface area contributed by atoms with Gasteiger partial charge in [-0.1, -0.05) is 0 Å². The number of hydrogen-bond donors (Lipinski definition) is 2. The van der Waals surface area contributed by atoms with Crippen molar-refractivity contribution in [3.05, 3.63) is 0 Å². The van der Waals surface area contributed by atoms with Gasteiger partial charge in [-0.25, -0.2) is 9.59 Å². The van der Waals surface area contributed by atoms with Crippen LogP contribution in [0.2, 0.25) is 0 Å². The monoisotopic (exact) mass is 241 g/mol. The Kier molecular flexibility index (Phi) is 3.16. The molecule has 2 saturated heterocycles. The summed E-state index contributed by atoms with van der Waals surface area (Å²) in [6.45, 7) is 1.33. The van der Waals surface area contributed by atoms with Gasteiger partial charge in [0.05, 0.1) is 0 Å². The van der Waals surface area contributed by atoms with Crippen LogP contribution in [0.5, 0.6) is 0 Å². The number of hydrogen-bond acceptors (Lipinski definition) is 3. The van der Waals surface area contributed by atoms with Crippen molar-refractivity contribution in [2.24, 2.45) is 0 Å². The van der Waals surface area contributed by atoms with Crippen molar-refractivity contribution < 1.29 is 19.5 Å². The molecule has 2 aliphatic rings. The predicted molar refractivity (Wildman–Crippen MR) is 57.3 cm³/mol. The average molecular weight is 241 g/mol. The molecule has 0 spiro atoms. The van der Waals surface area contributed by atoms with E-state index >= 15 is 0 Å². The molecule has 2 rings (SSSR count). The Morgan fingerprint density at radius 3 is 2.76 bits per heavy atom. The molecule has 17 heavy (non-hydrogen) atoms. The van der Waals surface area contributed by atoms with Gasteiger partial charge in [0.2, 0.25) is 5.91 Å². The number of carbonyl (C=O) groups is 3. The summed E-state index contributed by atoms with van der Waals surface area (Å²) in [7, 11) is 0. The number of nitrogens with zero attached hydrogens (tertiary/aromatic N) is 2. The molecule has 1 atom stereocenters. The molecule has 0 aliphatic carbocycles. The Labute approximate surface area is 98.4 Å². The summed E-state index contributed by atoms with van der Waals surface area (Å²) < 4.78 is 0. The molecule has 0 aromatic heterocycles. The molecular weight excluding hydrogens is 226 g/mol. The molecule has 0 unspecified atom stereocenters. The van der Waals surface area contributed by atoms with Gasteiger partial charge in [0.1, 0.15) is 12.6 Å². The van der Waals surface area contributed by atoms with E-state index in [4.69, 9.17) is 5.11 Å². The van der Waals surface area contributed by atoms with E-state index in [0.29, 0.717) is 32.5 Å². The molecule has 0 saturated carbocycles. The number of carbonyl (C=O) groups excluding carboxylic acids is 2. The van der Waals surface area contributed by atoms with Gasteiger partial charge in [-0.3, -0.25) is 4.79 Å². The maximum Gasteiger partial charge on any atom is 0.326 e. The molecule has 2 aliphatic heterocycles. The third-order valence-electron chi connectivity index (χ3n) is 3.09. The minimum Gasteiger partial charge on any atom is -0.480 e. The highest BCUT2D eigenvalue weighted by Gasteiger charge is 2.37. The van der Waals surface area contributed by atoms with E-state index in [9.17, 15) is 14.4 Å². The zero-order valence-corrected chi connectivity index (χ0v) is 9.39. The lowest BCUT2D eigenvalue weighted by molar-refractivity contribution is -0.141. The van der Waals surface area contributed by atoms with Crippen LogP contribution in [-0.4, -0.2) is 65.0 Å². The fourth-order valence-corrected chi connectivity index (χ4v) is 2.24. The summed E-state index contributed by atoms with van der Waals surface area (Å²) in [6, 6.07) is -1.09. The molecule has 0 aromatic rings. The number of piperazine rings is 1. The number of carboxylic acids is 1. The fraction of sp³-hybridized carbons (Fsp3) is 0.700. The normalized spacial score (nSPS) is 24.7. The average Bonchev–Trinajstić information content (AvgIpc) is 2.77. The minimum atomic E-state index is -0.975. The van der Waals surface area contributed by atoms with E-state index in [1.54, 1.807) is 0 Å². The Bertz CT molecular complexity index is 357. The van der Waals surface area contributed by atoms with Crippen LogP contribution >= 0.6 is 0 Å². The molecular formula is C10H15N3O4. The van der Waals surface area contributed by atoms with Crippen molar-refractivity contribution in [2.75, 3.05) is 26.2 Å². The standard InChI is InChI=1S/C10H15N3O4/c14-8-6-12(5-3-11-8)10(17)13-4-1-2-7(13)9(15)16/h7H,1-6H2,(H,11,14)(H,15,16)/t7-/m0/s1. The van der Waals surface area contributed by atoms with Gasteiger partial charge in [0.15, 0.2) is 0 Å². The van der Waals surface area contributed by atoms with Crippen molar-refractivity contribution in [2.45, 2.75) is 18.9 Å². The Hall–Kier alpha value is -1.79. The maximum atomic E-state index is 12.1. The topological polar surface area (TPSA) is 90.0 Å². The van der Waals surface area contributed by atoms with Crippen LogP contribution in [0.25, 0.3) is 0 Å². The van der Waals surface area contributed by atoms with E-state index in [0.717, 1.165) is 0 Å². The molecule has 2 heterocycles. The number of carboxylic acid groups (broad SMARTS) is 1. The first kappa shape index (κ1) is 11.7. The third-order valence-corrected chi connectivity index (χ3v) is 3.09. The van der Waals surface area contributed by atoms with Crippen LogP contribution < -0.4 is 5.32 Å². The van der Waals surface area contributed by atoms with Gasteiger partial charge in [-0.15, -0.1) is 0 Å². The van der Waals surface area contributed by atoms with Crippen LogP contribution in [0.15, 0.2) is 0 Å². The van der Waals surface area contributed by atoms with Gasteiger partial charge in [-0.05, 0) is 12.8 Å². The fourth-order valence-electron chi connectivity index (χ4n) is 2.24. The van der Waals surface area contributed by atoms with E-state index in [1.165, 1.54) is 9.80 Å². The summed E-state index contributed by atoms with van der Waals surface area (Å²) in [6.07, 6.45) is 1.18. The molecule has 2 N–H and O–H groups in total. The van der Waals surface area contributed by atoms with Gasteiger partial charge < -0.3 is 20.2 Å². The van der Waals surface area contributed by atoms with Crippen LogP contribution in [0, 0.1) is 0 Å². The summed E-state index contributed by atoms with van der Waals surface area (Å²) in [5.74, 6) is -1.17. The number of nitrogens with one attached hydrogen (secondary N) is 1. The van der Waals surface area contributed by atoms with E-state index < -0.39 is 12.0 Å². The van der Waals surface area contributed by atoms with Crippen molar-refractivity contribution in [1.82, 2.24) is 15.1 Å². The molecule has 7 heteroatoms. The van der Waals surface area contributed by atoms with Crippen molar-refractivity contribution in [1.29, 1.82) is 0 Å². The minimum absolute atomic E-state index is 0.0155. The number of aliphatic carboxylic acids is 1. The zero-order valence-electron chi connectivity index (χ0n) is 9.39. The van der Waals surface area contributed by atoms with Gasteiger partial charge in [0, 0.05) is 19.6 Å². The molecule has 2 fully saturated rings.